The lowest BCUT2D eigenvalue weighted by Gasteiger charge is -2.04. The van der Waals surface area contributed by atoms with Crippen molar-refractivity contribution in [2.45, 2.75) is 11.8 Å². The predicted octanol–water partition coefficient (Wildman–Crippen LogP) is 1.35. The van der Waals surface area contributed by atoms with Crippen LogP contribution in [0.2, 0.25) is 0 Å². The van der Waals surface area contributed by atoms with E-state index in [4.69, 9.17) is 9.60 Å². The van der Waals surface area contributed by atoms with Crippen molar-refractivity contribution >= 4 is 10.1 Å². The molecule has 4 nitrogen and oxygen atoms in total. The first kappa shape index (κ1) is 5.43. The van der Waals surface area contributed by atoms with Gasteiger partial charge in [-0.15, -0.1) is 0 Å². The summed E-state index contributed by atoms with van der Waals surface area (Å²) >= 11 is 0. The van der Waals surface area contributed by atoms with Crippen LogP contribution in [-0.2, 0) is 19.0 Å². The Labute approximate surface area is 99.8 Å². The molecule has 84 valence electrons. The first-order valence-corrected chi connectivity index (χ1v) is 5.30. The lowest BCUT2D eigenvalue weighted by Crippen LogP contribution is -2.10. The highest BCUT2D eigenvalue weighted by Gasteiger charge is 2.13. The fourth-order valence-corrected chi connectivity index (χ4v) is 1.56. The molecule has 0 aromatic heterocycles. The van der Waals surface area contributed by atoms with Crippen LogP contribution >= 0.6 is 0 Å². The number of hydrogen-bond donors (Lipinski definition) is 0. The Morgan fingerprint density at radius 3 is 2.60 bits per heavy atom. The van der Waals surface area contributed by atoms with Crippen LogP contribution in [0.3, 0.4) is 0 Å². The second-order valence-corrected chi connectivity index (χ2v) is 4.20. The average Bonchev–Trinajstić information content (AvgIpc) is 2.24. The van der Waals surface area contributed by atoms with Crippen LogP contribution < -0.4 is 0 Å². The third kappa shape index (κ3) is 3.62. The largest absolute Gasteiger partial charge is 0.382 e. The van der Waals surface area contributed by atoms with E-state index in [9.17, 15) is 8.42 Å². The molecule has 1 aromatic carbocycles. The second-order valence-electron chi connectivity index (χ2n) is 2.66. The summed E-state index contributed by atoms with van der Waals surface area (Å²) in [5.41, 5.74) is 0.753. The van der Waals surface area contributed by atoms with Crippen molar-refractivity contribution in [2.75, 3.05) is 20.2 Å². The molecule has 0 atom stereocenters. The molecule has 0 spiro atoms. The number of ether oxygens (including phenoxy) is 1. The minimum Gasteiger partial charge on any atom is -0.382 e. The molecule has 5 heteroatoms. The molecule has 1 aromatic rings. The lowest BCUT2D eigenvalue weighted by molar-refractivity contribution is 0.149. The number of aryl methyl sites for hydroxylation is 1. The van der Waals surface area contributed by atoms with E-state index in [1.807, 2.05) is 0 Å². The van der Waals surface area contributed by atoms with Gasteiger partial charge in [-0.2, -0.15) is 8.42 Å². The summed E-state index contributed by atoms with van der Waals surface area (Å²) < 4.78 is 81.7. The van der Waals surface area contributed by atoms with Crippen LogP contribution in [0.15, 0.2) is 29.2 Å². The summed E-state index contributed by atoms with van der Waals surface area (Å²) in [4.78, 5) is -0.397. The number of rotatable bonds is 5. The van der Waals surface area contributed by atoms with E-state index in [0.717, 1.165) is 17.7 Å². The van der Waals surface area contributed by atoms with E-state index < -0.39 is 35.2 Å². The van der Waals surface area contributed by atoms with Gasteiger partial charge in [0.1, 0.15) is 0 Å². The normalized spacial score (nSPS) is 21.3. The minimum absolute atomic E-state index is 0.397. The van der Waals surface area contributed by atoms with Gasteiger partial charge in [0.05, 0.1) is 27.6 Å². The summed E-state index contributed by atoms with van der Waals surface area (Å²) in [5.74, 6) is 0. The Hall–Kier alpha value is -0.910. The summed E-state index contributed by atoms with van der Waals surface area (Å²) in [7, 11) is -7.92. The molecule has 0 bridgehead atoms. The molecule has 0 aliphatic rings. The van der Waals surface area contributed by atoms with Gasteiger partial charge in [-0.1, -0.05) is 17.7 Å². The molecule has 0 fully saturated rings. The van der Waals surface area contributed by atoms with E-state index in [0.29, 0.717) is 0 Å². The fraction of sp³-hybridized carbons (Fsp3) is 0.400. The number of methoxy groups -OCH3 is 1. The smallest absolute Gasteiger partial charge is 0.297 e. The molecular weight excluding hydrogens is 216 g/mol. The monoisotopic (exact) mass is 237 g/mol. The molecule has 0 radical (unpaired) electrons. The molecule has 0 saturated carbocycles. The Morgan fingerprint density at radius 2 is 2.00 bits per heavy atom. The van der Waals surface area contributed by atoms with Crippen LogP contribution in [-0.4, -0.2) is 28.6 Å². The van der Waals surface area contributed by atoms with E-state index in [-0.39, 0.29) is 0 Å². The average molecular weight is 237 g/mol. The van der Waals surface area contributed by atoms with Crippen molar-refractivity contribution in [1.82, 2.24) is 0 Å². The first-order chi connectivity index (χ1) is 9.66. The van der Waals surface area contributed by atoms with Crippen LogP contribution in [0.5, 0.6) is 0 Å². The Morgan fingerprint density at radius 1 is 1.33 bits per heavy atom. The maximum Gasteiger partial charge on any atom is 0.297 e. The van der Waals surface area contributed by atoms with Gasteiger partial charge in [0.2, 0.25) is 0 Å². The quantitative estimate of drug-likeness (QED) is 0.725. The molecule has 0 unspecified atom stereocenters. The molecule has 0 amide bonds. The Balaban J connectivity index is 3.07. The van der Waals surface area contributed by atoms with Crippen LogP contribution in [0, 0.1) is 6.92 Å². The Bertz CT molecular complexity index is 622. The molecule has 0 saturated heterocycles. The highest BCUT2D eigenvalue weighted by molar-refractivity contribution is 7.86. The Kier molecular flexibility index (Phi) is 1.90. The highest BCUT2D eigenvalue weighted by Crippen LogP contribution is 2.12. The lowest BCUT2D eigenvalue weighted by atomic mass is 10.2. The standard InChI is InChI=1S/C10H14O4S/c1-9-3-5-10(6-4-9)15(11,12)14-8-7-13-2/h3-6H,7-8H2,1-2H3/i2D3,7D2,8D2. The zero-order valence-corrected chi connectivity index (χ0v) is 8.67. The van der Waals surface area contributed by atoms with Gasteiger partial charge in [0.15, 0.2) is 0 Å². The van der Waals surface area contributed by atoms with Crippen LogP contribution in [0.25, 0.3) is 0 Å². The third-order valence-electron chi connectivity index (χ3n) is 1.55. The summed E-state index contributed by atoms with van der Waals surface area (Å²) in [6.07, 6.45) is 0. The van der Waals surface area contributed by atoms with Gasteiger partial charge >= 0.3 is 0 Å². The SMILES string of the molecule is [2H]C([2H])([2H])OC([2H])([2H])C([2H])([2H])OS(=O)(=O)c1ccc(C)cc1. The van der Waals surface area contributed by atoms with E-state index in [1.165, 1.54) is 12.1 Å². The van der Waals surface area contributed by atoms with Gasteiger partial charge in [0.25, 0.3) is 10.1 Å². The molecule has 0 N–H and O–H groups in total. The van der Waals surface area contributed by atoms with E-state index in [2.05, 4.69) is 8.92 Å². The molecular formula is C10H14O4S. The first-order valence-electron chi connectivity index (χ1n) is 7.39. The van der Waals surface area contributed by atoms with Gasteiger partial charge in [-0.05, 0) is 19.1 Å². The summed E-state index contributed by atoms with van der Waals surface area (Å²) in [6, 6.07) is 5.20. The number of benzene rings is 1. The van der Waals surface area contributed by atoms with Crippen molar-refractivity contribution < 1.29 is 26.9 Å². The summed E-state index contributed by atoms with van der Waals surface area (Å²) in [6.45, 7) is -5.36. The van der Waals surface area contributed by atoms with Gasteiger partial charge in [-0.25, -0.2) is 0 Å². The molecule has 1 rings (SSSR count). The summed E-state index contributed by atoms with van der Waals surface area (Å²) in [5, 5.41) is 0. The van der Waals surface area contributed by atoms with Gasteiger partial charge in [-0.3, -0.25) is 4.18 Å². The minimum atomic E-state index is -4.65. The molecule has 15 heavy (non-hydrogen) atoms. The second kappa shape index (κ2) is 5.25. The van der Waals surface area contributed by atoms with Crippen molar-refractivity contribution in [1.29, 1.82) is 0 Å². The third-order valence-corrected chi connectivity index (χ3v) is 2.71. The topological polar surface area (TPSA) is 52.6 Å². The van der Waals surface area contributed by atoms with Crippen molar-refractivity contribution in [3.63, 3.8) is 0 Å². The molecule has 0 aliphatic carbocycles. The molecule has 0 aliphatic heterocycles. The van der Waals surface area contributed by atoms with Crippen molar-refractivity contribution in [2.24, 2.45) is 0 Å². The number of hydrogen-bond acceptors (Lipinski definition) is 4. The maximum atomic E-state index is 11.9. The van der Waals surface area contributed by atoms with Gasteiger partial charge < -0.3 is 4.74 Å². The zero-order valence-electron chi connectivity index (χ0n) is 14.9. The van der Waals surface area contributed by atoms with Crippen LogP contribution in [0.1, 0.15) is 15.2 Å². The van der Waals surface area contributed by atoms with E-state index >= 15 is 0 Å². The van der Waals surface area contributed by atoms with Crippen molar-refractivity contribution in [3.05, 3.63) is 29.8 Å². The van der Waals surface area contributed by atoms with Crippen LogP contribution in [0.4, 0.5) is 0 Å². The molecule has 0 heterocycles. The highest BCUT2D eigenvalue weighted by atomic mass is 32.2. The van der Waals surface area contributed by atoms with Gasteiger partial charge in [0, 0.05) is 7.04 Å². The maximum absolute atomic E-state index is 11.9. The zero-order chi connectivity index (χ0) is 17.4. The fourth-order valence-electron chi connectivity index (χ4n) is 0.846. The predicted molar refractivity (Wildman–Crippen MR) is 56.2 cm³/mol. The van der Waals surface area contributed by atoms with E-state index in [1.54, 1.807) is 6.92 Å². The van der Waals surface area contributed by atoms with Crippen molar-refractivity contribution in [3.8, 4) is 0 Å².